The van der Waals surface area contributed by atoms with Gasteiger partial charge in [0, 0.05) is 46.1 Å². The topological polar surface area (TPSA) is 59.4 Å². The molecule has 1 N–H and O–H groups in total. The lowest BCUT2D eigenvalue weighted by Gasteiger charge is -2.39. The Hall–Kier alpha value is -2.18. The average molecular weight is 411 g/mol. The summed E-state index contributed by atoms with van der Waals surface area (Å²) >= 11 is 0. The van der Waals surface area contributed by atoms with Gasteiger partial charge in [-0.1, -0.05) is 49.6 Å². The van der Waals surface area contributed by atoms with Gasteiger partial charge < -0.3 is 14.6 Å². The second-order valence-corrected chi connectivity index (χ2v) is 8.59. The van der Waals surface area contributed by atoms with Crippen molar-refractivity contribution >= 4 is 5.91 Å². The predicted molar refractivity (Wildman–Crippen MR) is 117 cm³/mol. The largest absolute Gasteiger partial charge is 0.385 e. The Morgan fingerprint density at radius 1 is 1.17 bits per heavy atom. The van der Waals surface area contributed by atoms with Gasteiger partial charge in [-0.05, 0) is 30.7 Å². The molecular formula is C24H34N4O2. The molecule has 0 bridgehead atoms. The summed E-state index contributed by atoms with van der Waals surface area (Å²) in [5.74, 6) is 1.67. The average Bonchev–Trinajstić information content (AvgIpc) is 3.22. The van der Waals surface area contributed by atoms with Crippen molar-refractivity contribution in [1.82, 2.24) is 19.8 Å². The maximum absolute atomic E-state index is 12.6. The Balaban J connectivity index is 1.54. The van der Waals surface area contributed by atoms with Crippen LogP contribution < -0.4 is 5.32 Å². The quantitative estimate of drug-likeness (QED) is 0.675. The summed E-state index contributed by atoms with van der Waals surface area (Å²) in [6, 6.07) is 10.7. The van der Waals surface area contributed by atoms with Gasteiger partial charge in [0.1, 0.15) is 11.5 Å². The molecule has 162 valence electrons. The molecule has 0 saturated heterocycles. The smallest absolute Gasteiger partial charge is 0.271 e. The molecule has 6 nitrogen and oxygen atoms in total. The summed E-state index contributed by atoms with van der Waals surface area (Å²) in [6.45, 7) is 4.24. The summed E-state index contributed by atoms with van der Waals surface area (Å²) < 4.78 is 7.24. The first-order valence-electron chi connectivity index (χ1n) is 11.4. The number of rotatable bonds is 8. The number of nitrogens with one attached hydrogen (secondary N) is 1. The molecule has 1 aliphatic heterocycles. The fourth-order valence-corrected chi connectivity index (χ4v) is 4.87. The van der Waals surface area contributed by atoms with E-state index in [-0.39, 0.29) is 11.9 Å². The van der Waals surface area contributed by atoms with Crippen molar-refractivity contribution in [2.75, 3.05) is 33.4 Å². The number of fused-ring (bicyclic) bond motifs is 1. The Labute approximate surface area is 179 Å². The third kappa shape index (κ3) is 4.93. The van der Waals surface area contributed by atoms with Gasteiger partial charge in [0.2, 0.25) is 0 Å². The van der Waals surface area contributed by atoms with E-state index in [0.29, 0.717) is 18.8 Å². The minimum Gasteiger partial charge on any atom is -0.385 e. The third-order valence-corrected chi connectivity index (χ3v) is 6.42. The first-order chi connectivity index (χ1) is 14.8. The monoisotopic (exact) mass is 410 g/mol. The van der Waals surface area contributed by atoms with Crippen LogP contribution in [0.4, 0.5) is 0 Å². The van der Waals surface area contributed by atoms with E-state index in [0.717, 1.165) is 37.8 Å². The lowest BCUT2D eigenvalue weighted by Crippen LogP contribution is -2.41. The van der Waals surface area contributed by atoms with Gasteiger partial charge in [0.15, 0.2) is 0 Å². The summed E-state index contributed by atoms with van der Waals surface area (Å²) in [6.07, 6.45) is 9.49. The zero-order valence-electron chi connectivity index (χ0n) is 18.1. The van der Waals surface area contributed by atoms with Crippen LogP contribution in [-0.4, -0.2) is 53.7 Å². The molecule has 2 aromatic rings. The molecule has 0 spiro atoms. The van der Waals surface area contributed by atoms with E-state index in [1.54, 1.807) is 7.11 Å². The van der Waals surface area contributed by atoms with Crippen molar-refractivity contribution in [3.8, 4) is 0 Å². The lowest BCUT2D eigenvalue weighted by molar-refractivity contribution is 0.0943. The Kier molecular flexibility index (Phi) is 7.18. The highest BCUT2D eigenvalue weighted by atomic mass is 16.5. The van der Waals surface area contributed by atoms with Gasteiger partial charge >= 0.3 is 0 Å². The molecule has 1 fully saturated rings. The highest BCUT2D eigenvalue weighted by Crippen LogP contribution is 2.34. The van der Waals surface area contributed by atoms with Crippen LogP contribution in [0.3, 0.4) is 0 Å². The maximum Gasteiger partial charge on any atom is 0.271 e. The number of nitrogens with zero attached hydrogens (tertiary/aromatic N) is 3. The second kappa shape index (κ2) is 10.2. The number of amides is 1. The van der Waals surface area contributed by atoms with Crippen LogP contribution in [0.15, 0.2) is 36.5 Å². The molecule has 2 aliphatic rings. The van der Waals surface area contributed by atoms with Crippen molar-refractivity contribution in [2.24, 2.45) is 5.92 Å². The molecular weight excluding hydrogens is 376 g/mol. The molecule has 1 aromatic heterocycles. The Bertz CT molecular complexity index is 814. The predicted octanol–water partition coefficient (Wildman–Crippen LogP) is 3.63. The van der Waals surface area contributed by atoms with E-state index in [9.17, 15) is 4.79 Å². The second-order valence-electron chi connectivity index (χ2n) is 8.59. The van der Waals surface area contributed by atoms with Crippen molar-refractivity contribution in [1.29, 1.82) is 0 Å². The molecule has 1 amide bonds. The number of hydrogen-bond donors (Lipinski definition) is 1. The first kappa shape index (κ1) is 21.1. The van der Waals surface area contributed by atoms with Crippen LogP contribution in [0, 0.1) is 5.92 Å². The number of carbonyl (C=O) groups excluding carboxylic acids is 1. The Morgan fingerprint density at radius 2 is 1.97 bits per heavy atom. The standard InChI is InChI=1S/C24H34N4O2/c1-30-16-8-13-25-24(29)21-18-28-15-14-27(17-19-9-4-2-5-10-19)22(23(28)26-21)20-11-6-3-7-12-20/h3,6-7,11-12,18-19,22H,2,4-5,8-10,13-17H2,1H3,(H,25,29). The van der Waals surface area contributed by atoms with Gasteiger partial charge in [-0.25, -0.2) is 4.98 Å². The van der Waals surface area contributed by atoms with Crippen LogP contribution in [0.5, 0.6) is 0 Å². The van der Waals surface area contributed by atoms with E-state index in [2.05, 4.69) is 45.1 Å². The number of methoxy groups -OCH3 is 1. The highest BCUT2D eigenvalue weighted by Gasteiger charge is 2.33. The zero-order valence-corrected chi connectivity index (χ0v) is 18.1. The molecule has 0 radical (unpaired) electrons. The van der Waals surface area contributed by atoms with Crippen LogP contribution in [0.25, 0.3) is 0 Å². The van der Waals surface area contributed by atoms with E-state index in [4.69, 9.17) is 9.72 Å². The summed E-state index contributed by atoms with van der Waals surface area (Å²) in [7, 11) is 1.67. The van der Waals surface area contributed by atoms with Crippen molar-refractivity contribution in [2.45, 2.75) is 51.1 Å². The molecule has 1 atom stereocenters. The number of carbonyl (C=O) groups is 1. The lowest BCUT2D eigenvalue weighted by atomic mass is 9.88. The maximum atomic E-state index is 12.6. The summed E-state index contributed by atoms with van der Waals surface area (Å²) in [4.78, 5) is 20.0. The van der Waals surface area contributed by atoms with Gasteiger partial charge in [-0.2, -0.15) is 0 Å². The highest BCUT2D eigenvalue weighted by molar-refractivity contribution is 5.92. The molecule has 1 aliphatic carbocycles. The SMILES string of the molecule is COCCCNC(=O)c1cn2c(n1)C(c1ccccc1)N(CC1CCCCC1)CC2. The normalized spacial score (nSPS) is 20.1. The van der Waals surface area contributed by atoms with Gasteiger partial charge in [0.05, 0.1) is 6.04 Å². The van der Waals surface area contributed by atoms with Crippen molar-refractivity contribution in [3.63, 3.8) is 0 Å². The first-order valence-corrected chi connectivity index (χ1v) is 11.4. The van der Waals surface area contributed by atoms with Crippen molar-refractivity contribution in [3.05, 3.63) is 53.6 Å². The van der Waals surface area contributed by atoms with Crippen LogP contribution in [-0.2, 0) is 11.3 Å². The van der Waals surface area contributed by atoms with E-state index < -0.39 is 0 Å². The molecule has 4 rings (SSSR count). The number of benzene rings is 1. The van der Waals surface area contributed by atoms with Gasteiger partial charge in [-0.3, -0.25) is 9.69 Å². The molecule has 1 aromatic carbocycles. The van der Waals surface area contributed by atoms with Crippen LogP contribution in [0.1, 0.15) is 66.4 Å². The van der Waals surface area contributed by atoms with Gasteiger partial charge in [-0.15, -0.1) is 0 Å². The number of ether oxygens (including phenoxy) is 1. The molecule has 6 heteroatoms. The van der Waals surface area contributed by atoms with Gasteiger partial charge in [0.25, 0.3) is 5.91 Å². The Morgan fingerprint density at radius 3 is 2.73 bits per heavy atom. The number of hydrogen-bond acceptors (Lipinski definition) is 4. The molecule has 1 saturated carbocycles. The summed E-state index contributed by atoms with van der Waals surface area (Å²) in [5.41, 5.74) is 1.77. The van der Waals surface area contributed by atoms with Crippen LogP contribution >= 0.6 is 0 Å². The molecule has 1 unspecified atom stereocenters. The fourth-order valence-electron chi connectivity index (χ4n) is 4.87. The van der Waals surface area contributed by atoms with Crippen molar-refractivity contribution < 1.29 is 9.53 Å². The molecule has 30 heavy (non-hydrogen) atoms. The summed E-state index contributed by atoms with van der Waals surface area (Å²) in [5, 5.41) is 2.97. The minimum atomic E-state index is -0.0985. The minimum absolute atomic E-state index is 0.0985. The fraction of sp³-hybridized carbons (Fsp3) is 0.583. The van der Waals surface area contributed by atoms with E-state index in [1.165, 1.54) is 37.7 Å². The third-order valence-electron chi connectivity index (χ3n) is 6.42. The number of imidazole rings is 1. The van der Waals surface area contributed by atoms with Crippen LogP contribution in [0.2, 0.25) is 0 Å². The van der Waals surface area contributed by atoms with E-state index in [1.807, 2.05) is 6.20 Å². The number of aromatic nitrogens is 2. The zero-order chi connectivity index (χ0) is 20.8. The molecule has 2 heterocycles. The van der Waals surface area contributed by atoms with E-state index >= 15 is 0 Å².